The summed E-state index contributed by atoms with van der Waals surface area (Å²) >= 11 is 0. The van der Waals surface area contributed by atoms with Crippen LogP contribution in [0.15, 0.2) is 97.2 Å². The Morgan fingerprint density at radius 3 is 0.762 bits per heavy atom. The monoisotopic (exact) mass is 1110 g/mol. The molecule has 0 aliphatic rings. The maximum absolute atomic E-state index is 12.9. The van der Waals surface area contributed by atoms with Gasteiger partial charge >= 0.3 is 17.9 Å². The Kier molecular flexibility index (Phi) is 64.7. The second-order valence-electron chi connectivity index (χ2n) is 22.7. The number of rotatable bonds is 62. The first kappa shape index (κ1) is 76.3. The molecular formula is C74H128O6. The molecule has 0 aliphatic carbocycles. The highest BCUT2D eigenvalue weighted by molar-refractivity contribution is 5.71. The second-order valence-corrected chi connectivity index (χ2v) is 22.7. The first-order valence-electron chi connectivity index (χ1n) is 34.2. The average Bonchev–Trinajstić information content (AvgIpc) is 3.46. The Hall–Kier alpha value is -3.67. The molecule has 80 heavy (non-hydrogen) atoms. The first-order valence-corrected chi connectivity index (χ1v) is 34.2. The van der Waals surface area contributed by atoms with Gasteiger partial charge in [-0.1, -0.05) is 330 Å². The van der Waals surface area contributed by atoms with Crippen molar-refractivity contribution >= 4 is 17.9 Å². The molecule has 0 rings (SSSR count). The van der Waals surface area contributed by atoms with Gasteiger partial charge in [0, 0.05) is 19.3 Å². The molecule has 0 bridgehead atoms. The quantitative estimate of drug-likeness (QED) is 0.0261. The number of unbranched alkanes of at least 4 members (excludes halogenated alkanes) is 35. The van der Waals surface area contributed by atoms with E-state index in [1.165, 1.54) is 173 Å². The van der Waals surface area contributed by atoms with Gasteiger partial charge in [-0.25, -0.2) is 0 Å². The van der Waals surface area contributed by atoms with Crippen LogP contribution in [-0.2, 0) is 28.6 Å². The second kappa shape index (κ2) is 67.8. The predicted octanol–water partition coefficient (Wildman–Crippen LogP) is 23.6. The van der Waals surface area contributed by atoms with E-state index in [-0.39, 0.29) is 31.1 Å². The van der Waals surface area contributed by atoms with E-state index >= 15 is 0 Å². The minimum absolute atomic E-state index is 0.0813. The van der Waals surface area contributed by atoms with Crippen LogP contribution < -0.4 is 0 Å². The van der Waals surface area contributed by atoms with E-state index in [0.717, 1.165) is 122 Å². The highest BCUT2D eigenvalue weighted by Crippen LogP contribution is 2.17. The summed E-state index contributed by atoms with van der Waals surface area (Å²) in [6.45, 7) is 6.54. The van der Waals surface area contributed by atoms with Crippen molar-refractivity contribution in [2.45, 2.75) is 341 Å². The fourth-order valence-corrected chi connectivity index (χ4v) is 9.76. The molecule has 0 fully saturated rings. The van der Waals surface area contributed by atoms with Gasteiger partial charge in [0.25, 0.3) is 0 Å². The number of hydrogen-bond acceptors (Lipinski definition) is 6. The molecule has 0 heterocycles. The third-order valence-corrected chi connectivity index (χ3v) is 14.9. The fourth-order valence-electron chi connectivity index (χ4n) is 9.76. The number of carbonyl (C=O) groups excluding carboxylic acids is 3. The Morgan fingerprint density at radius 1 is 0.263 bits per heavy atom. The minimum atomic E-state index is -0.786. The lowest BCUT2D eigenvalue weighted by Gasteiger charge is -2.18. The van der Waals surface area contributed by atoms with E-state index in [2.05, 4.69) is 118 Å². The normalized spacial score (nSPS) is 12.7. The number of carbonyl (C=O) groups is 3. The van der Waals surface area contributed by atoms with E-state index in [0.29, 0.717) is 19.3 Å². The highest BCUT2D eigenvalue weighted by Gasteiger charge is 2.19. The first-order chi connectivity index (χ1) is 39.5. The molecule has 0 aromatic rings. The maximum atomic E-state index is 12.9. The Bertz CT molecular complexity index is 1560. The molecule has 0 aromatic heterocycles. The van der Waals surface area contributed by atoms with Crippen LogP contribution in [0.3, 0.4) is 0 Å². The van der Waals surface area contributed by atoms with E-state index in [1.54, 1.807) is 0 Å². The zero-order chi connectivity index (χ0) is 57.8. The van der Waals surface area contributed by atoms with Gasteiger partial charge in [-0.2, -0.15) is 0 Å². The SMILES string of the molecule is CC/C=C\C/C=C\C/C=C\C/C=C\C/C=C\C/C=C\C/C=C\C/C=C\CCCCCCC(=O)OCC(COC(=O)CCCCCCCCCCCCC)OC(=O)CCCCCCCCCCCCCCCCCCCCCCCC. The molecule has 0 saturated heterocycles. The van der Waals surface area contributed by atoms with Crippen LogP contribution in [0.1, 0.15) is 335 Å². The predicted molar refractivity (Wildman–Crippen MR) is 348 cm³/mol. The third kappa shape index (κ3) is 65.1. The standard InChI is InChI=1S/C74H128O6/c1-4-7-10-13-16-19-22-24-26-28-30-32-34-35-36-37-38-39-40-42-43-45-47-49-52-55-58-61-64-67-73(76)79-70-71(69-78-72(75)66-63-60-57-54-51-21-18-15-12-9-6-3)80-74(77)68-65-62-59-56-53-50-48-46-44-41-33-31-29-27-25-23-20-17-14-11-8-5-2/h7,10,16,19,24,26,30,32,35-36,38-39,42-43,47,49,71H,4-6,8-9,11-15,17-18,20-23,25,27-29,31,33-34,37,40-41,44-46,48,50-70H2,1-3H3/b10-7-,19-16-,26-24-,32-30-,36-35-,39-38-,43-42-,49-47-. The Balaban J connectivity index is 4.30. The Labute approximate surface area is 496 Å². The molecule has 0 saturated carbocycles. The van der Waals surface area contributed by atoms with Crippen LogP contribution in [0.25, 0.3) is 0 Å². The molecule has 0 spiro atoms. The lowest BCUT2D eigenvalue weighted by atomic mass is 10.0. The van der Waals surface area contributed by atoms with Crippen LogP contribution >= 0.6 is 0 Å². The van der Waals surface area contributed by atoms with Crippen molar-refractivity contribution in [3.63, 3.8) is 0 Å². The summed E-state index contributed by atoms with van der Waals surface area (Å²) in [5, 5.41) is 0. The highest BCUT2D eigenvalue weighted by atomic mass is 16.6. The summed E-state index contributed by atoms with van der Waals surface area (Å²) in [4.78, 5) is 38.3. The van der Waals surface area contributed by atoms with Crippen LogP contribution in [0, 0.1) is 0 Å². The zero-order valence-electron chi connectivity index (χ0n) is 52.8. The third-order valence-electron chi connectivity index (χ3n) is 14.9. The number of ether oxygens (including phenoxy) is 3. The van der Waals surface area contributed by atoms with Crippen LogP contribution in [0.5, 0.6) is 0 Å². The maximum Gasteiger partial charge on any atom is 0.306 e. The van der Waals surface area contributed by atoms with Crippen molar-refractivity contribution in [3.05, 3.63) is 97.2 Å². The zero-order valence-corrected chi connectivity index (χ0v) is 52.8. The van der Waals surface area contributed by atoms with Gasteiger partial charge in [0.05, 0.1) is 0 Å². The fraction of sp³-hybridized carbons (Fsp3) is 0.743. The van der Waals surface area contributed by atoms with Crippen molar-refractivity contribution in [3.8, 4) is 0 Å². The molecular weight excluding hydrogens is 985 g/mol. The van der Waals surface area contributed by atoms with Gasteiger partial charge in [0.2, 0.25) is 0 Å². The average molecular weight is 1110 g/mol. The van der Waals surface area contributed by atoms with Crippen molar-refractivity contribution in [1.29, 1.82) is 0 Å². The molecule has 460 valence electrons. The van der Waals surface area contributed by atoms with Gasteiger partial charge in [-0.05, 0) is 83.5 Å². The van der Waals surface area contributed by atoms with Crippen LogP contribution in [-0.4, -0.2) is 37.2 Å². The smallest absolute Gasteiger partial charge is 0.306 e. The largest absolute Gasteiger partial charge is 0.462 e. The van der Waals surface area contributed by atoms with Gasteiger partial charge in [0.1, 0.15) is 13.2 Å². The Morgan fingerprint density at radius 2 is 0.487 bits per heavy atom. The molecule has 0 aliphatic heterocycles. The van der Waals surface area contributed by atoms with Gasteiger partial charge in [0.15, 0.2) is 6.10 Å². The molecule has 1 unspecified atom stereocenters. The summed E-state index contributed by atoms with van der Waals surface area (Å²) < 4.78 is 16.9. The van der Waals surface area contributed by atoms with Crippen molar-refractivity contribution < 1.29 is 28.6 Å². The molecule has 6 heteroatoms. The van der Waals surface area contributed by atoms with E-state index in [9.17, 15) is 14.4 Å². The lowest BCUT2D eigenvalue weighted by molar-refractivity contribution is -0.167. The van der Waals surface area contributed by atoms with Gasteiger partial charge < -0.3 is 14.2 Å². The number of hydrogen-bond donors (Lipinski definition) is 0. The van der Waals surface area contributed by atoms with Crippen LogP contribution in [0.2, 0.25) is 0 Å². The summed E-state index contributed by atoms with van der Waals surface area (Å²) in [5.41, 5.74) is 0. The van der Waals surface area contributed by atoms with E-state index < -0.39 is 6.10 Å². The summed E-state index contributed by atoms with van der Waals surface area (Å²) in [6.07, 6.45) is 91.4. The summed E-state index contributed by atoms with van der Waals surface area (Å²) in [6, 6.07) is 0. The van der Waals surface area contributed by atoms with Crippen LogP contribution in [0.4, 0.5) is 0 Å². The number of allylic oxidation sites excluding steroid dienone is 16. The van der Waals surface area contributed by atoms with Crippen molar-refractivity contribution in [2.75, 3.05) is 13.2 Å². The lowest BCUT2D eigenvalue weighted by Crippen LogP contribution is -2.30. The van der Waals surface area contributed by atoms with Crippen molar-refractivity contribution in [2.24, 2.45) is 0 Å². The van der Waals surface area contributed by atoms with E-state index in [4.69, 9.17) is 14.2 Å². The molecule has 6 nitrogen and oxygen atoms in total. The summed E-state index contributed by atoms with van der Waals surface area (Å²) in [7, 11) is 0. The molecule has 1 atom stereocenters. The molecule has 0 radical (unpaired) electrons. The van der Waals surface area contributed by atoms with E-state index in [1.807, 2.05) is 0 Å². The molecule has 0 aromatic carbocycles. The molecule has 0 amide bonds. The van der Waals surface area contributed by atoms with Gasteiger partial charge in [-0.15, -0.1) is 0 Å². The topological polar surface area (TPSA) is 78.9 Å². The molecule has 0 N–H and O–H groups in total. The van der Waals surface area contributed by atoms with Crippen molar-refractivity contribution in [1.82, 2.24) is 0 Å². The number of esters is 3. The van der Waals surface area contributed by atoms with Gasteiger partial charge in [-0.3, -0.25) is 14.4 Å². The minimum Gasteiger partial charge on any atom is -0.462 e. The summed E-state index contributed by atoms with van der Waals surface area (Å²) in [5.74, 6) is -0.892.